The first-order valence-electron chi connectivity index (χ1n) is 7.90. The van der Waals surface area contributed by atoms with Crippen LogP contribution >= 0.6 is 11.8 Å². The van der Waals surface area contributed by atoms with Gasteiger partial charge in [-0.2, -0.15) is 11.8 Å². The largest absolute Gasteiger partial charge is 0.497 e. The SMILES string of the molecule is CCCNC(CSC1CCOCC1)c1ccc(OC)cc1. The van der Waals surface area contributed by atoms with Gasteiger partial charge in [-0.05, 0) is 43.5 Å². The highest BCUT2D eigenvalue weighted by Crippen LogP contribution is 2.27. The van der Waals surface area contributed by atoms with Crippen LogP contribution in [0.2, 0.25) is 0 Å². The summed E-state index contributed by atoms with van der Waals surface area (Å²) in [5, 5.41) is 4.42. The fourth-order valence-corrected chi connectivity index (χ4v) is 3.80. The zero-order valence-electron chi connectivity index (χ0n) is 13.1. The fraction of sp³-hybridized carbons (Fsp3) is 0.647. The van der Waals surface area contributed by atoms with Crippen LogP contribution < -0.4 is 10.1 Å². The Kier molecular flexibility index (Phi) is 7.41. The van der Waals surface area contributed by atoms with Crippen LogP contribution in [-0.4, -0.2) is 37.9 Å². The van der Waals surface area contributed by atoms with Crippen LogP contribution in [0.3, 0.4) is 0 Å². The van der Waals surface area contributed by atoms with Crippen molar-refractivity contribution in [2.24, 2.45) is 0 Å². The molecule has 0 saturated carbocycles. The molecule has 1 aliphatic heterocycles. The number of rotatable bonds is 8. The Morgan fingerprint density at radius 2 is 2.00 bits per heavy atom. The number of nitrogens with one attached hydrogen (secondary N) is 1. The molecule has 1 aliphatic rings. The molecule has 2 rings (SSSR count). The van der Waals surface area contributed by atoms with Crippen molar-refractivity contribution in [3.8, 4) is 5.75 Å². The zero-order chi connectivity index (χ0) is 14.9. The second-order valence-corrected chi connectivity index (χ2v) is 6.76. The summed E-state index contributed by atoms with van der Waals surface area (Å²) in [6.45, 7) is 5.12. The van der Waals surface area contributed by atoms with Crippen molar-refractivity contribution in [1.29, 1.82) is 0 Å². The van der Waals surface area contributed by atoms with Crippen LogP contribution in [0.4, 0.5) is 0 Å². The molecule has 21 heavy (non-hydrogen) atoms. The summed E-state index contributed by atoms with van der Waals surface area (Å²) in [4.78, 5) is 0. The fourth-order valence-electron chi connectivity index (χ4n) is 2.50. The average Bonchev–Trinajstić information content (AvgIpc) is 2.56. The molecule has 0 aliphatic carbocycles. The second-order valence-electron chi connectivity index (χ2n) is 5.42. The molecule has 1 fully saturated rings. The summed E-state index contributed by atoms with van der Waals surface area (Å²) >= 11 is 2.09. The molecule has 1 aromatic carbocycles. The van der Waals surface area contributed by atoms with Crippen molar-refractivity contribution in [3.63, 3.8) is 0 Å². The van der Waals surface area contributed by atoms with Crippen molar-refractivity contribution in [3.05, 3.63) is 29.8 Å². The Balaban J connectivity index is 1.91. The van der Waals surface area contributed by atoms with Gasteiger partial charge in [0.1, 0.15) is 5.75 Å². The first-order chi connectivity index (χ1) is 10.3. The molecule has 1 N–H and O–H groups in total. The Morgan fingerprint density at radius 1 is 1.29 bits per heavy atom. The van der Waals surface area contributed by atoms with Gasteiger partial charge in [0, 0.05) is 30.3 Å². The number of hydrogen-bond acceptors (Lipinski definition) is 4. The molecule has 0 spiro atoms. The van der Waals surface area contributed by atoms with Crippen molar-refractivity contribution in [2.75, 3.05) is 32.6 Å². The molecule has 1 heterocycles. The summed E-state index contributed by atoms with van der Waals surface area (Å²) in [5.74, 6) is 2.04. The predicted octanol–water partition coefficient (Wildman–Crippen LogP) is 3.65. The van der Waals surface area contributed by atoms with Gasteiger partial charge in [0.25, 0.3) is 0 Å². The Labute approximate surface area is 132 Å². The Hall–Kier alpha value is -0.710. The van der Waals surface area contributed by atoms with Crippen molar-refractivity contribution in [2.45, 2.75) is 37.5 Å². The third-order valence-electron chi connectivity index (χ3n) is 3.83. The van der Waals surface area contributed by atoms with Crippen LogP contribution in [-0.2, 0) is 4.74 Å². The van der Waals surface area contributed by atoms with E-state index in [4.69, 9.17) is 9.47 Å². The molecular weight excluding hydrogens is 282 g/mol. The van der Waals surface area contributed by atoms with Gasteiger partial charge in [-0.15, -0.1) is 0 Å². The van der Waals surface area contributed by atoms with Gasteiger partial charge in [0.05, 0.1) is 7.11 Å². The van der Waals surface area contributed by atoms with Gasteiger partial charge in [-0.25, -0.2) is 0 Å². The summed E-state index contributed by atoms with van der Waals surface area (Å²) in [7, 11) is 1.71. The highest BCUT2D eigenvalue weighted by molar-refractivity contribution is 7.99. The average molecular weight is 309 g/mol. The molecule has 1 saturated heterocycles. The van der Waals surface area contributed by atoms with E-state index >= 15 is 0 Å². The van der Waals surface area contributed by atoms with Crippen LogP contribution in [0.5, 0.6) is 5.75 Å². The quantitative estimate of drug-likeness (QED) is 0.794. The van der Waals surface area contributed by atoms with Gasteiger partial charge in [-0.3, -0.25) is 0 Å². The van der Waals surface area contributed by atoms with Gasteiger partial charge in [0.15, 0.2) is 0 Å². The minimum absolute atomic E-state index is 0.420. The van der Waals surface area contributed by atoms with Crippen LogP contribution in [0.15, 0.2) is 24.3 Å². The maximum absolute atomic E-state index is 5.44. The first kappa shape index (κ1) is 16.7. The number of thioether (sulfide) groups is 1. The predicted molar refractivity (Wildman–Crippen MR) is 90.3 cm³/mol. The monoisotopic (exact) mass is 309 g/mol. The summed E-state index contributed by atoms with van der Waals surface area (Å²) in [6.07, 6.45) is 3.54. The molecule has 4 heteroatoms. The highest BCUT2D eigenvalue weighted by atomic mass is 32.2. The maximum atomic E-state index is 5.44. The van der Waals surface area contributed by atoms with Gasteiger partial charge < -0.3 is 14.8 Å². The molecule has 0 aromatic heterocycles. The standard InChI is InChI=1S/C17H27NO2S/c1-3-10-18-17(13-21-16-8-11-20-12-9-16)14-4-6-15(19-2)7-5-14/h4-7,16-18H,3,8-13H2,1-2H3. The summed E-state index contributed by atoms with van der Waals surface area (Å²) in [5.41, 5.74) is 1.35. The molecule has 0 bridgehead atoms. The van der Waals surface area contributed by atoms with Gasteiger partial charge >= 0.3 is 0 Å². The van der Waals surface area contributed by atoms with Crippen LogP contribution in [0.1, 0.15) is 37.8 Å². The number of ether oxygens (including phenoxy) is 2. The smallest absolute Gasteiger partial charge is 0.118 e. The molecule has 0 amide bonds. The van der Waals surface area contributed by atoms with E-state index in [1.54, 1.807) is 7.11 Å². The van der Waals surface area contributed by atoms with Gasteiger partial charge in [0.2, 0.25) is 0 Å². The molecule has 1 unspecified atom stereocenters. The van der Waals surface area contributed by atoms with Crippen molar-refractivity contribution in [1.82, 2.24) is 5.32 Å². The third-order valence-corrected chi connectivity index (χ3v) is 5.29. The lowest BCUT2D eigenvalue weighted by Gasteiger charge is -2.25. The molecular formula is C17H27NO2S. The summed E-state index contributed by atoms with van der Waals surface area (Å²) < 4.78 is 10.7. The molecule has 0 radical (unpaired) electrons. The number of benzene rings is 1. The van der Waals surface area contributed by atoms with Crippen molar-refractivity contribution < 1.29 is 9.47 Å². The van der Waals surface area contributed by atoms with E-state index in [0.717, 1.165) is 42.9 Å². The normalized spacial score (nSPS) is 17.6. The van der Waals surface area contributed by atoms with Crippen molar-refractivity contribution >= 4 is 11.8 Å². The Morgan fingerprint density at radius 3 is 2.62 bits per heavy atom. The molecule has 1 aromatic rings. The third kappa shape index (κ3) is 5.53. The zero-order valence-corrected chi connectivity index (χ0v) is 14.0. The Bertz CT molecular complexity index is 390. The van der Waals surface area contributed by atoms with Gasteiger partial charge in [-0.1, -0.05) is 19.1 Å². The first-order valence-corrected chi connectivity index (χ1v) is 8.95. The molecule has 3 nitrogen and oxygen atoms in total. The number of methoxy groups -OCH3 is 1. The number of hydrogen-bond donors (Lipinski definition) is 1. The lowest BCUT2D eigenvalue weighted by atomic mass is 10.1. The maximum Gasteiger partial charge on any atom is 0.118 e. The van der Waals surface area contributed by atoms with Crippen LogP contribution in [0.25, 0.3) is 0 Å². The van der Waals surface area contributed by atoms with E-state index in [2.05, 4.69) is 48.3 Å². The topological polar surface area (TPSA) is 30.5 Å². The van der Waals surface area contributed by atoms with E-state index in [-0.39, 0.29) is 0 Å². The highest BCUT2D eigenvalue weighted by Gasteiger charge is 2.17. The lowest BCUT2D eigenvalue weighted by Crippen LogP contribution is -2.26. The van der Waals surface area contributed by atoms with E-state index in [0.29, 0.717) is 6.04 Å². The minimum atomic E-state index is 0.420. The summed E-state index contributed by atoms with van der Waals surface area (Å²) in [6, 6.07) is 8.88. The van der Waals surface area contributed by atoms with E-state index in [9.17, 15) is 0 Å². The second kappa shape index (κ2) is 9.34. The van der Waals surface area contributed by atoms with Crippen LogP contribution in [0, 0.1) is 0 Å². The molecule has 1 atom stereocenters. The van der Waals surface area contributed by atoms with E-state index in [1.165, 1.54) is 18.4 Å². The minimum Gasteiger partial charge on any atom is -0.497 e. The lowest BCUT2D eigenvalue weighted by molar-refractivity contribution is 0.1000. The van der Waals surface area contributed by atoms with E-state index in [1.807, 2.05) is 0 Å². The molecule has 118 valence electrons. The van der Waals surface area contributed by atoms with E-state index < -0.39 is 0 Å².